The summed E-state index contributed by atoms with van der Waals surface area (Å²) in [6.45, 7) is 7.70. The van der Waals surface area contributed by atoms with Crippen molar-refractivity contribution in [2.75, 3.05) is 0 Å². The quantitative estimate of drug-likeness (QED) is 0.509. The Morgan fingerprint density at radius 2 is 1.86 bits per heavy atom. The van der Waals surface area contributed by atoms with E-state index in [4.69, 9.17) is 14.2 Å². The highest BCUT2D eigenvalue weighted by Crippen LogP contribution is 2.59. The smallest absolute Gasteiger partial charge is 0.311 e. The summed E-state index contributed by atoms with van der Waals surface area (Å²) in [7, 11) is 0. The second kappa shape index (κ2) is 6.74. The molecule has 28 heavy (non-hydrogen) atoms. The van der Waals surface area contributed by atoms with Gasteiger partial charge in [0.05, 0.1) is 17.3 Å². The average molecular weight is 392 g/mol. The molecule has 1 heterocycles. The van der Waals surface area contributed by atoms with Gasteiger partial charge in [0.2, 0.25) is 0 Å². The van der Waals surface area contributed by atoms with Crippen molar-refractivity contribution in [3.8, 4) is 0 Å². The minimum atomic E-state index is -0.601. The molecular formula is C22H32O6. The van der Waals surface area contributed by atoms with E-state index in [2.05, 4.69) is 6.92 Å². The minimum absolute atomic E-state index is 0.0428. The summed E-state index contributed by atoms with van der Waals surface area (Å²) >= 11 is 0. The van der Waals surface area contributed by atoms with E-state index in [1.54, 1.807) is 0 Å². The van der Waals surface area contributed by atoms with Crippen LogP contribution in [0.4, 0.5) is 0 Å². The van der Waals surface area contributed by atoms with Crippen LogP contribution in [-0.4, -0.2) is 35.7 Å². The summed E-state index contributed by atoms with van der Waals surface area (Å²) in [5.41, 5.74) is -0.993. The molecule has 1 saturated heterocycles. The molecule has 0 radical (unpaired) electrons. The van der Waals surface area contributed by atoms with Crippen LogP contribution in [0.1, 0.15) is 72.6 Å². The molecule has 4 rings (SSSR count). The number of ether oxygens (including phenoxy) is 3. The first-order chi connectivity index (χ1) is 13.2. The van der Waals surface area contributed by atoms with Crippen molar-refractivity contribution in [3.63, 3.8) is 0 Å². The molecule has 3 saturated carbocycles. The van der Waals surface area contributed by atoms with Crippen LogP contribution in [0.5, 0.6) is 0 Å². The Hall–Kier alpha value is -1.59. The predicted octanol–water partition coefficient (Wildman–Crippen LogP) is 3.41. The van der Waals surface area contributed by atoms with E-state index in [9.17, 15) is 14.4 Å². The Labute approximate surface area is 166 Å². The summed E-state index contributed by atoms with van der Waals surface area (Å²) in [6, 6.07) is 0. The molecule has 4 aliphatic rings. The lowest BCUT2D eigenvalue weighted by atomic mass is 9.78. The molecule has 6 unspecified atom stereocenters. The molecule has 4 fully saturated rings. The lowest BCUT2D eigenvalue weighted by molar-refractivity contribution is -0.178. The second-order valence-corrected chi connectivity index (χ2v) is 9.79. The number of carbonyl (C=O) groups excluding carboxylic acids is 3. The SMILES string of the molecule is CCC1(OC(=O)C2C3CC4C(OC(=O)C42)C3OC(=O)C(C)(C)CC)CCCC1. The van der Waals surface area contributed by atoms with E-state index >= 15 is 0 Å². The largest absolute Gasteiger partial charge is 0.459 e. The second-order valence-electron chi connectivity index (χ2n) is 9.79. The van der Waals surface area contributed by atoms with Gasteiger partial charge in [-0.25, -0.2) is 0 Å². The van der Waals surface area contributed by atoms with Gasteiger partial charge in [0.25, 0.3) is 0 Å². The van der Waals surface area contributed by atoms with Crippen LogP contribution in [0.3, 0.4) is 0 Å². The number of hydrogen-bond donors (Lipinski definition) is 0. The Morgan fingerprint density at radius 3 is 2.46 bits per heavy atom. The van der Waals surface area contributed by atoms with Gasteiger partial charge < -0.3 is 14.2 Å². The average Bonchev–Trinajstić information content (AvgIpc) is 3.39. The Balaban J connectivity index is 1.55. The molecule has 0 N–H and O–H groups in total. The van der Waals surface area contributed by atoms with Gasteiger partial charge >= 0.3 is 17.9 Å². The van der Waals surface area contributed by atoms with Crippen molar-refractivity contribution < 1.29 is 28.6 Å². The van der Waals surface area contributed by atoms with Crippen LogP contribution in [-0.2, 0) is 28.6 Å². The normalized spacial score (nSPS) is 37.8. The summed E-state index contributed by atoms with van der Waals surface area (Å²) in [5.74, 6) is -2.14. The van der Waals surface area contributed by atoms with Crippen molar-refractivity contribution in [1.82, 2.24) is 0 Å². The third kappa shape index (κ3) is 2.86. The van der Waals surface area contributed by atoms with E-state index in [1.807, 2.05) is 20.8 Å². The fourth-order valence-corrected chi connectivity index (χ4v) is 5.72. The van der Waals surface area contributed by atoms with Gasteiger partial charge in [-0.15, -0.1) is 0 Å². The number of rotatable bonds is 6. The fraction of sp³-hybridized carbons (Fsp3) is 0.864. The zero-order valence-corrected chi connectivity index (χ0v) is 17.4. The first-order valence-electron chi connectivity index (χ1n) is 10.9. The summed E-state index contributed by atoms with van der Waals surface area (Å²) in [6.07, 6.45) is 5.10. The van der Waals surface area contributed by atoms with E-state index in [0.717, 1.165) is 32.1 Å². The molecule has 0 aromatic rings. The van der Waals surface area contributed by atoms with Gasteiger partial charge in [0, 0.05) is 11.8 Å². The van der Waals surface area contributed by atoms with Crippen molar-refractivity contribution in [2.24, 2.45) is 29.1 Å². The molecule has 6 atom stereocenters. The zero-order chi connectivity index (χ0) is 20.3. The summed E-state index contributed by atoms with van der Waals surface area (Å²) in [4.78, 5) is 38.4. The van der Waals surface area contributed by atoms with Crippen LogP contribution in [0.15, 0.2) is 0 Å². The van der Waals surface area contributed by atoms with E-state index < -0.39 is 35.1 Å². The highest BCUT2D eigenvalue weighted by molar-refractivity contribution is 5.86. The summed E-state index contributed by atoms with van der Waals surface area (Å²) < 4.78 is 17.5. The van der Waals surface area contributed by atoms with Crippen LogP contribution >= 0.6 is 0 Å². The number of carbonyl (C=O) groups is 3. The number of esters is 3. The maximum absolute atomic E-state index is 13.2. The predicted molar refractivity (Wildman–Crippen MR) is 100.0 cm³/mol. The molecule has 0 spiro atoms. The van der Waals surface area contributed by atoms with Crippen LogP contribution in [0.25, 0.3) is 0 Å². The van der Waals surface area contributed by atoms with Crippen molar-refractivity contribution in [1.29, 1.82) is 0 Å². The highest BCUT2D eigenvalue weighted by atomic mass is 16.6. The van der Waals surface area contributed by atoms with Crippen LogP contribution in [0.2, 0.25) is 0 Å². The van der Waals surface area contributed by atoms with E-state index in [-0.39, 0.29) is 29.7 Å². The van der Waals surface area contributed by atoms with Gasteiger partial charge in [-0.1, -0.05) is 13.8 Å². The maximum atomic E-state index is 13.2. The molecule has 0 amide bonds. The van der Waals surface area contributed by atoms with Gasteiger partial charge in [-0.3, -0.25) is 14.4 Å². The zero-order valence-electron chi connectivity index (χ0n) is 17.4. The fourth-order valence-electron chi connectivity index (χ4n) is 5.72. The van der Waals surface area contributed by atoms with Crippen molar-refractivity contribution >= 4 is 17.9 Å². The molecule has 2 bridgehead atoms. The molecular weight excluding hydrogens is 360 g/mol. The molecule has 1 aliphatic heterocycles. The first-order valence-corrected chi connectivity index (χ1v) is 10.9. The van der Waals surface area contributed by atoms with E-state index in [1.165, 1.54) is 0 Å². The monoisotopic (exact) mass is 392 g/mol. The topological polar surface area (TPSA) is 78.9 Å². The standard InChI is InChI=1S/C22H32O6/c1-5-21(3,4)20(25)27-17-13-11-12-14(18(23)26-16(12)17)15(13)19(24)28-22(6-2)9-7-8-10-22/h12-17H,5-11H2,1-4H3. The van der Waals surface area contributed by atoms with Crippen LogP contribution in [0, 0.1) is 29.1 Å². The summed E-state index contributed by atoms with van der Waals surface area (Å²) in [5, 5.41) is 0. The molecule has 0 aromatic heterocycles. The molecule has 156 valence electrons. The highest BCUT2D eigenvalue weighted by Gasteiger charge is 2.70. The Morgan fingerprint density at radius 1 is 1.18 bits per heavy atom. The van der Waals surface area contributed by atoms with Gasteiger partial charge in [-0.05, 0) is 58.8 Å². The van der Waals surface area contributed by atoms with Gasteiger partial charge in [-0.2, -0.15) is 0 Å². The molecule has 6 nitrogen and oxygen atoms in total. The number of hydrogen-bond acceptors (Lipinski definition) is 6. The third-order valence-corrected chi connectivity index (χ3v) is 7.97. The van der Waals surface area contributed by atoms with E-state index in [0.29, 0.717) is 12.8 Å². The third-order valence-electron chi connectivity index (χ3n) is 7.97. The van der Waals surface area contributed by atoms with Crippen molar-refractivity contribution in [3.05, 3.63) is 0 Å². The number of fused-ring (bicyclic) bond motifs is 1. The molecule has 6 heteroatoms. The van der Waals surface area contributed by atoms with Crippen LogP contribution < -0.4 is 0 Å². The maximum Gasteiger partial charge on any atom is 0.311 e. The minimum Gasteiger partial charge on any atom is -0.459 e. The van der Waals surface area contributed by atoms with Crippen molar-refractivity contribution in [2.45, 2.75) is 90.4 Å². The Kier molecular flexibility index (Phi) is 4.74. The first kappa shape index (κ1) is 19.7. The Bertz CT molecular complexity index is 677. The lowest BCUT2D eigenvalue weighted by Gasteiger charge is -2.35. The molecule has 3 aliphatic carbocycles. The molecule has 0 aromatic carbocycles. The lowest BCUT2D eigenvalue weighted by Crippen LogP contribution is -2.46. The van der Waals surface area contributed by atoms with Gasteiger partial charge in [0.15, 0.2) is 0 Å². The van der Waals surface area contributed by atoms with Gasteiger partial charge in [0.1, 0.15) is 17.8 Å².